The average Bonchev–Trinajstić information content (AvgIpc) is 2.56. The van der Waals surface area contributed by atoms with Gasteiger partial charge >= 0.3 is 6.09 Å². The highest BCUT2D eigenvalue weighted by atomic mass is 19.1. The molecule has 3 rings (SSSR count). The van der Waals surface area contributed by atoms with E-state index in [1.807, 2.05) is 6.07 Å². The Bertz CT molecular complexity index is 808. The molecule has 0 unspecified atom stereocenters. The number of nitrogens with one attached hydrogen (secondary N) is 1. The quantitative estimate of drug-likeness (QED) is 0.775. The van der Waals surface area contributed by atoms with Gasteiger partial charge in [-0.1, -0.05) is 24.3 Å². The topological polar surface area (TPSA) is 51.2 Å². The Morgan fingerprint density at radius 3 is 2.57 bits per heavy atom. The Morgan fingerprint density at radius 2 is 1.83 bits per heavy atom. The normalized spacial score (nSPS) is 10.1. The molecule has 1 aromatic heterocycles. The first-order valence-corrected chi connectivity index (χ1v) is 6.95. The summed E-state index contributed by atoms with van der Waals surface area (Å²) in [5, 5.41) is 2.57. The second kappa shape index (κ2) is 6.70. The van der Waals surface area contributed by atoms with Crippen LogP contribution in [0.15, 0.2) is 73.1 Å². The Hall–Kier alpha value is -3.21. The Kier molecular flexibility index (Phi) is 4.29. The van der Waals surface area contributed by atoms with E-state index in [1.54, 1.807) is 54.9 Å². The van der Waals surface area contributed by atoms with Crippen molar-refractivity contribution in [3.05, 3.63) is 78.9 Å². The molecule has 1 amide bonds. The number of nitrogens with zero attached hydrogens (tertiary/aromatic N) is 1. The number of carbonyl (C=O) groups excluding carboxylic acids is 1. The van der Waals surface area contributed by atoms with Crippen LogP contribution in [0.25, 0.3) is 11.1 Å². The fraction of sp³-hybridized carbons (Fsp3) is 0. The molecule has 2 aromatic carbocycles. The summed E-state index contributed by atoms with van der Waals surface area (Å²) in [6.45, 7) is 0. The summed E-state index contributed by atoms with van der Waals surface area (Å²) < 4.78 is 18.9. The largest absolute Gasteiger partial charge is 0.417 e. The first kappa shape index (κ1) is 14.7. The second-order valence-corrected chi connectivity index (χ2v) is 4.80. The third-order valence-corrected chi connectivity index (χ3v) is 3.10. The summed E-state index contributed by atoms with van der Waals surface area (Å²) in [6, 6.07) is 16.5. The van der Waals surface area contributed by atoms with E-state index in [0.717, 1.165) is 11.6 Å². The Morgan fingerprint density at radius 1 is 1.00 bits per heavy atom. The number of benzene rings is 2. The zero-order valence-electron chi connectivity index (χ0n) is 12.1. The van der Waals surface area contributed by atoms with Gasteiger partial charge in [-0.25, -0.2) is 9.18 Å². The lowest BCUT2D eigenvalue weighted by Gasteiger charge is -2.08. The van der Waals surface area contributed by atoms with E-state index in [4.69, 9.17) is 4.74 Å². The van der Waals surface area contributed by atoms with Crippen LogP contribution < -0.4 is 10.1 Å². The maximum Gasteiger partial charge on any atom is 0.417 e. The number of pyridine rings is 1. The second-order valence-electron chi connectivity index (χ2n) is 4.80. The first-order valence-electron chi connectivity index (χ1n) is 6.95. The zero-order valence-corrected chi connectivity index (χ0v) is 12.1. The van der Waals surface area contributed by atoms with Crippen LogP contribution in [0.2, 0.25) is 0 Å². The molecule has 1 N–H and O–H groups in total. The number of halogens is 1. The van der Waals surface area contributed by atoms with Gasteiger partial charge < -0.3 is 4.74 Å². The molecular weight excluding hydrogens is 295 g/mol. The number of amides is 1. The molecule has 23 heavy (non-hydrogen) atoms. The molecule has 1 heterocycles. The van der Waals surface area contributed by atoms with Crippen molar-refractivity contribution in [1.82, 2.24) is 4.98 Å². The number of anilines is 1. The molecule has 0 aliphatic rings. The van der Waals surface area contributed by atoms with Gasteiger partial charge in [0.25, 0.3) is 0 Å². The van der Waals surface area contributed by atoms with Crippen LogP contribution in [0.5, 0.6) is 5.75 Å². The maximum atomic E-state index is 13.8. The van der Waals surface area contributed by atoms with Crippen molar-refractivity contribution in [2.45, 2.75) is 0 Å². The summed E-state index contributed by atoms with van der Waals surface area (Å²) >= 11 is 0. The number of hydrogen-bond acceptors (Lipinski definition) is 3. The number of rotatable bonds is 3. The molecule has 4 nitrogen and oxygen atoms in total. The van der Waals surface area contributed by atoms with Gasteiger partial charge in [0, 0.05) is 29.7 Å². The first-order chi connectivity index (χ1) is 11.2. The fourth-order valence-electron chi connectivity index (χ4n) is 2.09. The minimum absolute atomic E-state index is 0.122. The molecule has 0 aliphatic heterocycles. The van der Waals surface area contributed by atoms with E-state index in [1.165, 1.54) is 6.07 Å². The van der Waals surface area contributed by atoms with Crippen molar-refractivity contribution in [2.24, 2.45) is 0 Å². The van der Waals surface area contributed by atoms with E-state index in [9.17, 15) is 9.18 Å². The molecule has 0 radical (unpaired) electrons. The molecule has 114 valence electrons. The van der Waals surface area contributed by atoms with Crippen LogP contribution in [-0.4, -0.2) is 11.1 Å². The fourth-order valence-corrected chi connectivity index (χ4v) is 2.09. The number of hydrogen-bond donors (Lipinski definition) is 1. The molecule has 3 aromatic rings. The zero-order chi connectivity index (χ0) is 16.1. The van der Waals surface area contributed by atoms with E-state index < -0.39 is 11.9 Å². The van der Waals surface area contributed by atoms with Gasteiger partial charge in [0.1, 0.15) is 11.6 Å². The number of aromatic nitrogens is 1. The summed E-state index contributed by atoms with van der Waals surface area (Å²) in [5.74, 6) is -0.369. The smallest absolute Gasteiger partial charge is 0.410 e. The SMILES string of the molecule is O=C(Nc1ccccc1)Oc1cc(F)cc(-c2cccnc2)c1. The molecule has 0 bridgehead atoms. The third-order valence-electron chi connectivity index (χ3n) is 3.10. The van der Waals surface area contributed by atoms with Gasteiger partial charge in [-0.15, -0.1) is 0 Å². The van der Waals surface area contributed by atoms with Crippen LogP contribution in [0, 0.1) is 5.82 Å². The average molecular weight is 308 g/mol. The summed E-state index contributed by atoms with van der Waals surface area (Å²) in [6.07, 6.45) is 2.56. The van der Waals surface area contributed by atoms with Gasteiger partial charge in [0.05, 0.1) is 0 Å². The summed E-state index contributed by atoms with van der Waals surface area (Å²) in [4.78, 5) is 15.9. The minimum Gasteiger partial charge on any atom is -0.410 e. The van der Waals surface area contributed by atoms with E-state index in [2.05, 4.69) is 10.3 Å². The highest BCUT2D eigenvalue weighted by molar-refractivity contribution is 5.86. The predicted molar refractivity (Wildman–Crippen MR) is 85.7 cm³/mol. The third kappa shape index (κ3) is 3.91. The molecule has 0 atom stereocenters. The number of para-hydroxylation sites is 1. The van der Waals surface area contributed by atoms with Crippen LogP contribution >= 0.6 is 0 Å². The van der Waals surface area contributed by atoms with Crippen molar-refractivity contribution < 1.29 is 13.9 Å². The monoisotopic (exact) mass is 308 g/mol. The van der Waals surface area contributed by atoms with Crippen molar-refractivity contribution >= 4 is 11.8 Å². The molecule has 5 heteroatoms. The van der Waals surface area contributed by atoms with E-state index >= 15 is 0 Å². The lowest BCUT2D eigenvalue weighted by molar-refractivity contribution is 0.215. The van der Waals surface area contributed by atoms with Crippen LogP contribution in [0.4, 0.5) is 14.9 Å². The molecule has 0 spiro atoms. The van der Waals surface area contributed by atoms with Crippen molar-refractivity contribution in [3.63, 3.8) is 0 Å². The van der Waals surface area contributed by atoms with Gasteiger partial charge in [-0.2, -0.15) is 0 Å². The van der Waals surface area contributed by atoms with Gasteiger partial charge in [0.15, 0.2) is 0 Å². The van der Waals surface area contributed by atoms with E-state index in [0.29, 0.717) is 11.3 Å². The highest BCUT2D eigenvalue weighted by Gasteiger charge is 2.09. The van der Waals surface area contributed by atoms with Crippen molar-refractivity contribution in [3.8, 4) is 16.9 Å². The van der Waals surface area contributed by atoms with Crippen LogP contribution in [0.1, 0.15) is 0 Å². The summed E-state index contributed by atoms with van der Waals surface area (Å²) in [5.41, 5.74) is 1.92. The molecular formula is C18H13FN2O2. The Balaban J connectivity index is 1.78. The lowest BCUT2D eigenvalue weighted by atomic mass is 10.1. The Labute approximate surface area is 132 Å². The summed E-state index contributed by atoms with van der Waals surface area (Å²) in [7, 11) is 0. The highest BCUT2D eigenvalue weighted by Crippen LogP contribution is 2.25. The van der Waals surface area contributed by atoms with Crippen molar-refractivity contribution in [1.29, 1.82) is 0 Å². The molecule has 0 aliphatic carbocycles. The minimum atomic E-state index is -0.682. The van der Waals surface area contributed by atoms with Gasteiger partial charge in [0.2, 0.25) is 0 Å². The standard InChI is InChI=1S/C18H13FN2O2/c19-15-9-14(13-5-4-8-20-12-13)10-17(11-15)23-18(22)21-16-6-2-1-3-7-16/h1-12H,(H,21,22). The predicted octanol–water partition coefficient (Wildman–Crippen LogP) is 4.50. The number of carbonyl (C=O) groups is 1. The molecule has 0 saturated carbocycles. The van der Waals surface area contributed by atoms with Gasteiger partial charge in [-0.3, -0.25) is 10.3 Å². The van der Waals surface area contributed by atoms with Crippen LogP contribution in [-0.2, 0) is 0 Å². The van der Waals surface area contributed by atoms with E-state index in [-0.39, 0.29) is 5.75 Å². The molecule has 0 fully saturated rings. The van der Waals surface area contributed by atoms with Gasteiger partial charge in [-0.05, 0) is 35.9 Å². The van der Waals surface area contributed by atoms with Crippen molar-refractivity contribution in [2.75, 3.05) is 5.32 Å². The lowest BCUT2D eigenvalue weighted by Crippen LogP contribution is -2.16. The number of ether oxygens (including phenoxy) is 1. The molecule has 0 saturated heterocycles. The van der Waals surface area contributed by atoms with Crippen LogP contribution in [0.3, 0.4) is 0 Å². The maximum absolute atomic E-state index is 13.8.